The van der Waals surface area contributed by atoms with Crippen molar-refractivity contribution in [1.29, 1.82) is 0 Å². The minimum atomic E-state index is -2.89. The first kappa shape index (κ1) is 14.9. The fourth-order valence-corrected chi connectivity index (χ4v) is 1.75. The number of benzene rings is 1. The molecule has 6 nitrogen and oxygen atoms in total. The molecule has 21 heavy (non-hydrogen) atoms. The van der Waals surface area contributed by atoms with Gasteiger partial charge < -0.3 is 10.1 Å². The number of ether oxygens (including phenoxy) is 1. The number of nitrogens with one attached hydrogen (secondary N) is 2. The van der Waals surface area contributed by atoms with Crippen molar-refractivity contribution in [3.8, 4) is 5.75 Å². The molecule has 0 spiro atoms. The van der Waals surface area contributed by atoms with Crippen molar-refractivity contribution in [3.05, 3.63) is 41.5 Å². The molecule has 1 aromatic heterocycles. The Morgan fingerprint density at radius 1 is 1.43 bits per heavy atom. The van der Waals surface area contributed by atoms with Crippen LogP contribution >= 0.6 is 0 Å². The van der Waals surface area contributed by atoms with Crippen molar-refractivity contribution in [2.75, 3.05) is 0 Å². The quantitative estimate of drug-likeness (QED) is 0.886. The van der Waals surface area contributed by atoms with E-state index in [0.29, 0.717) is 11.4 Å². The number of hydrogen-bond acceptors (Lipinski definition) is 4. The van der Waals surface area contributed by atoms with Gasteiger partial charge in [0.15, 0.2) is 0 Å². The average molecular weight is 296 g/mol. The van der Waals surface area contributed by atoms with Gasteiger partial charge in [-0.3, -0.25) is 9.89 Å². The SMILES string of the molecule is Cc1nc(C(=O)NC(C)c2cccc(OC(F)F)c2)n[nH]1. The van der Waals surface area contributed by atoms with E-state index in [1.54, 1.807) is 26.0 Å². The van der Waals surface area contributed by atoms with Crippen LogP contribution in [0.15, 0.2) is 24.3 Å². The van der Waals surface area contributed by atoms with Crippen LogP contribution in [-0.2, 0) is 0 Å². The minimum Gasteiger partial charge on any atom is -0.435 e. The zero-order valence-electron chi connectivity index (χ0n) is 11.4. The van der Waals surface area contributed by atoms with Crippen LogP contribution in [0.1, 0.15) is 35.0 Å². The number of H-pyrrole nitrogens is 1. The molecule has 1 aromatic carbocycles. The lowest BCUT2D eigenvalue weighted by atomic mass is 10.1. The van der Waals surface area contributed by atoms with Crippen LogP contribution < -0.4 is 10.1 Å². The Bertz CT molecular complexity index is 630. The van der Waals surface area contributed by atoms with Gasteiger partial charge in [0.1, 0.15) is 11.6 Å². The van der Waals surface area contributed by atoms with E-state index in [4.69, 9.17) is 0 Å². The first-order chi connectivity index (χ1) is 9.95. The fourth-order valence-electron chi connectivity index (χ4n) is 1.75. The highest BCUT2D eigenvalue weighted by molar-refractivity contribution is 5.90. The smallest absolute Gasteiger partial charge is 0.387 e. The molecule has 0 saturated carbocycles. The maximum absolute atomic E-state index is 12.2. The normalized spacial score (nSPS) is 12.2. The third kappa shape index (κ3) is 3.98. The molecule has 2 aromatic rings. The number of amides is 1. The van der Waals surface area contributed by atoms with Gasteiger partial charge >= 0.3 is 6.61 Å². The van der Waals surface area contributed by atoms with Crippen LogP contribution in [0.5, 0.6) is 5.75 Å². The summed E-state index contributed by atoms with van der Waals surface area (Å²) in [6.45, 7) is 0.512. The number of nitrogens with zero attached hydrogens (tertiary/aromatic N) is 2. The van der Waals surface area contributed by atoms with E-state index in [0.717, 1.165) is 0 Å². The van der Waals surface area contributed by atoms with Gasteiger partial charge in [0, 0.05) is 0 Å². The molecular weight excluding hydrogens is 282 g/mol. The zero-order valence-corrected chi connectivity index (χ0v) is 11.4. The number of halogens is 2. The van der Waals surface area contributed by atoms with E-state index in [-0.39, 0.29) is 11.6 Å². The van der Waals surface area contributed by atoms with Crippen LogP contribution in [0.3, 0.4) is 0 Å². The molecule has 0 saturated heterocycles. The molecule has 0 fully saturated rings. The number of rotatable bonds is 5. The minimum absolute atomic E-state index is 0.0272. The maximum atomic E-state index is 12.2. The largest absolute Gasteiger partial charge is 0.435 e. The predicted molar refractivity (Wildman–Crippen MR) is 70.1 cm³/mol. The summed E-state index contributed by atoms with van der Waals surface area (Å²) in [5, 5.41) is 8.99. The number of carbonyl (C=O) groups excluding carboxylic acids is 1. The molecule has 1 unspecified atom stereocenters. The Labute approximate surface area is 119 Å². The Morgan fingerprint density at radius 2 is 2.19 bits per heavy atom. The fraction of sp³-hybridized carbons (Fsp3) is 0.308. The summed E-state index contributed by atoms with van der Waals surface area (Å²) in [6, 6.07) is 5.74. The van der Waals surface area contributed by atoms with E-state index < -0.39 is 18.6 Å². The van der Waals surface area contributed by atoms with E-state index in [1.165, 1.54) is 12.1 Å². The molecule has 1 heterocycles. The van der Waals surface area contributed by atoms with Gasteiger partial charge in [0.2, 0.25) is 5.82 Å². The van der Waals surface area contributed by atoms with E-state index >= 15 is 0 Å². The summed E-state index contributed by atoms with van der Waals surface area (Å²) >= 11 is 0. The molecule has 2 rings (SSSR count). The topological polar surface area (TPSA) is 79.9 Å². The first-order valence-electron chi connectivity index (χ1n) is 6.20. The Morgan fingerprint density at radius 3 is 2.81 bits per heavy atom. The summed E-state index contributed by atoms with van der Waals surface area (Å²) in [6.07, 6.45) is 0. The predicted octanol–water partition coefficient (Wildman–Crippen LogP) is 2.21. The van der Waals surface area contributed by atoms with Gasteiger partial charge in [0.05, 0.1) is 6.04 Å². The monoisotopic (exact) mass is 296 g/mol. The molecule has 0 bridgehead atoms. The molecule has 1 amide bonds. The van der Waals surface area contributed by atoms with Crippen molar-refractivity contribution in [2.24, 2.45) is 0 Å². The third-order valence-corrected chi connectivity index (χ3v) is 2.73. The van der Waals surface area contributed by atoms with Gasteiger partial charge in [-0.05, 0) is 31.5 Å². The maximum Gasteiger partial charge on any atom is 0.387 e. The highest BCUT2D eigenvalue weighted by Crippen LogP contribution is 2.20. The lowest BCUT2D eigenvalue weighted by Crippen LogP contribution is -2.27. The van der Waals surface area contributed by atoms with Gasteiger partial charge in [-0.15, -0.1) is 5.10 Å². The molecule has 0 radical (unpaired) electrons. The molecule has 0 aliphatic carbocycles. The second-order valence-corrected chi connectivity index (χ2v) is 4.39. The highest BCUT2D eigenvalue weighted by Gasteiger charge is 2.16. The summed E-state index contributed by atoms with van der Waals surface area (Å²) in [5.41, 5.74) is 0.633. The number of carbonyl (C=O) groups is 1. The van der Waals surface area contributed by atoms with Gasteiger partial charge in [-0.25, -0.2) is 4.98 Å². The lowest BCUT2D eigenvalue weighted by Gasteiger charge is -2.14. The number of aryl methyl sites for hydroxylation is 1. The van der Waals surface area contributed by atoms with Crippen LogP contribution in [0, 0.1) is 6.92 Å². The van der Waals surface area contributed by atoms with Crippen molar-refractivity contribution >= 4 is 5.91 Å². The number of aromatic amines is 1. The molecular formula is C13H14F2N4O2. The molecule has 8 heteroatoms. The van der Waals surface area contributed by atoms with Crippen LogP contribution in [0.2, 0.25) is 0 Å². The lowest BCUT2D eigenvalue weighted by molar-refractivity contribution is -0.0499. The van der Waals surface area contributed by atoms with Crippen molar-refractivity contribution in [1.82, 2.24) is 20.5 Å². The Kier molecular flexibility index (Phi) is 4.46. The summed E-state index contributed by atoms with van der Waals surface area (Å²) in [7, 11) is 0. The molecule has 0 aliphatic heterocycles. The van der Waals surface area contributed by atoms with Crippen molar-refractivity contribution in [2.45, 2.75) is 26.5 Å². The van der Waals surface area contributed by atoms with Crippen LogP contribution in [0.4, 0.5) is 8.78 Å². The summed E-state index contributed by atoms with van der Waals surface area (Å²) < 4.78 is 28.7. The standard InChI is InChI=1S/C13H14F2N4O2/c1-7(16-12(20)11-17-8(2)18-19-11)9-4-3-5-10(6-9)21-13(14)15/h3-7,13H,1-2H3,(H,16,20)(H,17,18,19). The van der Waals surface area contributed by atoms with E-state index in [9.17, 15) is 13.6 Å². The van der Waals surface area contributed by atoms with Crippen molar-refractivity contribution in [3.63, 3.8) is 0 Å². The zero-order chi connectivity index (χ0) is 15.4. The second kappa shape index (κ2) is 6.29. The Balaban J connectivity index is 2.06. The average Bonchev–Trinajstić information content (AvgIpc) is 2.85. The molecule has 2 N–H and O–H groups in total. The summed E-state index contributed by atoms with van der Waals surface area (Å²) in [4.78, 5) is 15.8. The first-order valence-corrected chi connectivity index (χ1v) is 6.20. The summed E-state index contributed by atoms with van der Waals surface area (Å²) in [5.74, 6) is 0.142. The molecule has 1 atom stereocenters. The van der Waals surface area contributed by atoms with Crippen molar-refractivity contribution < 1.29 is 18.3 Å². The molecule has 0 aliphatic rings. The highest BCUT2D eigenvalue weighted by atomic mass is 19.3. The van der Waals surface area contributed by atoms with Gasteiger partial charge in [-0.2, -0.15) is 8.78 Å². The van der Waals surface area contributed by atoms with Crippen LogP contribution in [0.25, 0.3) is 0 Å². The van der Waals surface area contributed by atoms with E-state index in [2.05, 4.69) is 25.2 Å². The third-order valence-electron chi connectivity index (χ3n) is 2.73. The molecule has 112 valence electrons. The van der Waals surface area contributed by atoms with Crippen LogP contribution in [-0.4, -0.2) is 27.7 Å². The van der Waals surface area contributed by atoms with E-state index in [1.807, 2.05) is 0 Å². The number of aromatic nitrogens is 3. The second-order valence-electron chi connectivity index (χ2n) is 4.39. The number of hydrogen-bond donors (Lipinski definition) is 2. The Hall–Kier alpha value is -2.51. The number of alkyl halides is 2. The van der Waals surface area contributed by atoms with Gasteiger partial charge in [-0.1, -0.05) is 12.1 Å². The van der Waals surface area contributed by atoms with Gasteiger partial charge in [0.25, 0.3) is 5.91 Å².